The normalized spacial score (nSPS) is 11.4. The van der Waals surface area contributed by atoms with E-state index in [4.69, 9.17) is 0 Å². The lowest BCUT2D eigenvalue weighted by Gasteiger charge is -2.26. The molecule has 2 aromatic heterocycles. The Morgan fingerprint density at radius 1 is 0.600 bits per heavy atom. The standard InChI is InChI=1S/C44H44N4O2/c1-4-5-8-33-12-19-37(20-13-33)48(36-17-9-31(2)10-18-36)38-21-14-34(15-22-38)35-16-24-42-40(30-35)39-29-32(3)11-23-41(39)47(42)27-7-6-26-46-28-25-43(49)45-44(46)50/h9-25,28-30H,4-8,26-27H2,1-3H3,(H,45,49,50). The van der Waals surface area contributed by atoms with Crippen molar-refractivity contribution in [2.24, 2.45) is 0 Å². The summed E-state index contributed by atoms with van der Waals surface area (Å²) >= 11 is 0. The highest BCUT2D eigenvalue weighted by Gasteiger charge is 2.15. The first kappa shape index (κ1) is 32.9. The van der Waals surface area contributed by atoms with Gasteiger partial charge >= 0.3 is 5.69 Å². The van der Waals surface area contributed by atoms with Crippen molar-refractivity contribution in [1.29, 1.82) is 0 Å². The maximum Gasteiger partial charge on any atom is 0.328 e. The van der Waals surface area contributed by atoms with Gasteiger partial charge in [0.2, 0.25) is 0 Å². The average molecular weight is 661 g/mol. The van der Waals surface area contributed by atoms with Gasteiger partial charge in [-0.25, -0.2) is 4.79 Å². The fourth-order valence-electron chi connectivity index (χ4n) is 6.95. The van der Waals surface area contributed by atoms with Gasteiger partial charge in [0.25, 0.3) is 5.56 Å². The predicted octanol–water partition coefficient (Wildman–Crippen LogP) is 10.2. The van der Waals surface area contributed by atoms with Crippen LogP contribution in [0.5, 0.6) is 0 Å². The number of unbranched alkanes of at least 4 members (excludes halogenated alkanes) is 2. The smallest absolute Gasteiger partial charge is 0.328 e. The summed E-state index contributed by atoms with van der Waals surface area (Å²) in [7, 11) is 0. The summed E-state index contributed by atoms with van der Waals surface area (Å²) in [6.45, 7) is 7.91. The molecular weight excluding hydrogens is 617 g/mol. The minimum absolute atomic E-state index is 0.357. The molecule has 0 fully saturated rings. The van der Waals surface area contributed by atoms with Gasteiger partial charge < -0.3 is 14.0 Å². The number of nitrogens with zero attached hydrogens (tertiary/aromatic N) is 3. The third-order valence-electron chi connectivity index (χ3n) is 9.71. The molecule has 0 unspecified atom stereocenters. The summed E-state index contributed by atoms with van der Waals surface area (Å²) in [6, 6.07) is 41.6. The Bertz CT molecular complexity index is 2360. The van der Waals surface area contributed by atoms with Gasteiger partial charge in [0.1, 0.15) is 0 Å². The minimum atomic E-state index is -0.366. The molecule has 5 aromatic carbocycles. The first-order valence-corrected chi connectivity index (χ1v) is 17.8. The molecule has 0 bridgehead atoms. The Hall–Kier alpha value is -5.62. The van der Waals surface area contributed by atoms with Gasteiger partial charge in [-0.05, 0) is 117 Å². The Morgan fingerprint density at radius 3 is 1.86 bits per heavy atom. The average Bonchev–Trinajstić information content (AvgIpc) is 3.43. The molecule has 0 atom stereocenters. The van der Waals surface area contributed by atoms with E-state index >= 15 is 0 Å². The van der Waals surface area contributed by atoms with Gasteiger partial charge in [0.05, 0.1) is 0 Å². The van der Waals surface area contributed by atoms with E-state index in [1.54, 1.807) is 10.8 Å². The van der Waals surface area contributed by atoms with Crippen molar-refractivity contribution in [3.05, 3.63) is 159 Å². The maximum atomic E-state index is 12.1. The first-order valence-electron chi connectivity index (χ1n) is 17.8. The number of fused-ring (bicyclic) bond motifs is 3. The number of aromatic amines is 1. The number of nitrogens with one attached hydrogen (secondary N) is 1. The highest BCUT2D eigenvalue weighted by atomic mass is 16.2. The van der Waals surface area contributed by atoms with Crippen LogP contribution < -0.4 is 16.1 Å². The molecule has 0 spiro atoms. The van der Waals surface area contributed by atoms with Crippen LogP contribution in [0.1, 0.15) is 49.3 Å². The molecule has 50 heavy (non-hydrogen) atoms. The van der Waals surface area contributed by atoms with Gasteiger partial charge in [0.15, 0.2) is 0 Å². The van der Waals surface area contributed by atoms with E-state index < -0.39 is 0 Å². The SMILES string of the molecule is CCCCc1ccc(N(c2ccc(C)cc2)c2ccc(-c3ccc4c(c3)c3cc(C)ccc3n4CCCCn3ccc(=O)[nH]c3=O)cc2)cc1. The van der Waals surface area contributed by atoms with E-state index in [-0.39, 0.29) is 11.2 Å². The van der Waals surface area contributed by atoms with Gasteiger partial charge in [-0.1, -0.05) is 73.0 Å². The van der Waals surface area contributed by atoms with Crippen molar-refractivity contribution in [2.45, 2.75) is 66.0 Å². The highest BCUT2D eigenvalue weighted by Crippen LogP contribution is 2.38. The lowest BCUT2D eigenvalue weighted by Crippen LogP contribution is -2.28. The Kier molecular flexibility index (Phi) is 9.52. The summed E-state index contributed by atoms with van der Waals surface area (Å²) in [5.74, 6) is 0. The topological polar surface area (TPSA) is 63.0 Å². The van der Waals surface area contributed by atoms with Crippen molar-refractivity contribution in [3.63, 3.8) is 0 Å². The summed E-state index contributed by atoms with van der Waals surface area (Å²) in [6.07, 6.45) is 6.82. The third kappa shape index (κ3) is 6.92. The van der Waals surface area contributed by atoms with Crippen LogP contribution >= 0.6 is 0 Å². The van der Waals surface area contributed by atoms with Crippen molar-refractivity contribution in [1.82, 2.24) is 14.1 Å². The van der Waals surface area contributed by atoms with E-state index in [0.717, 1.165) is 42.9 Å². The third-order valence-corrected chi connectivity index (χ3v) is 9.71. The number of rotatable bonds is 12. The number of benzene rings is 5. The largest absolute Gasteiger partial charge is 0.340 e. The first-order chi connectivity index (χ1) is 24.4. The van der Waals surface area contributed by atoms with E-state index in [0.29, 0.717) is 6.54 Å². The van der Waals surface area contributed by atoms with E-state index in [2.05, 4.69) is 144 Å². The molecule has 0 radical (unpaired) electrons. The quantitative estimate of drug-likeness (QED) is 0.133. The number of anilines is 3. The molecule has 6 heteroatoms. The predicted molar refractivity (Wildman–Crippen MR) is 208 cm³/mol. The van der Waals surface area contributed by atoms with Crippen molar-refractivity contribution >= 4 is 38.9 Å². The summed E-state index contributed by atoms with van der Waals surface area (Å²) < 4.78 is 3.97. The lowest BCUT2D eigenvalue weighted by atomic mass is 10.0. The maximum absolute atomic E-state index is 12.1. The second-order valence-electron chi connectivity index (χ2n) is 13.4. The molecule has 7 rings (SSSR count). The molecular formula is C44H44N4O2. The summed E-state index contributed by atoms with van der Waals surface area (Å²) in [5.41, 5.74) is 11.3. The van der Waals surface area contributed by atoms with Crippen LogP contribution in [-0.2, 0) is 19.5 Å². The zero-order chi connectivity index (χ0) is 34.6. The molecule has 2 heterocycles. The monoisotopic (exact) mass is 660 g/mol. The molecule has 0 aliphatic heterocycles. The van der Waals surface area contributed by atoms with E-state index in [1.165, 1.54) is 68.5 Å². The van der Waals surface area contributed by atoms with Crippen LogP contribution in [0.25, 0.3) is 32.9 Å². The van der Waals surface area contributed by atoms with Crippen LogP contribution in [0.15, 0.2) is 131 Å². The second kappa shape index (κ2) is 14.5. The van der Waals surface area contributed by atoms with Crippen LogP contribution in [0, 0.1) is 13.8 Å². The second-order valence-corrected chi connectivity index (χ2v) is 13.4. The number of hydrogen-bond donors (Lipinski definition) is 1. The van der Waals surface area contributed by atoms with Gasteiger partial charge in [-0.3, -0.25) is 9.78 Å². The number of hydrogen-bond acceptors (Lipinski definition) is 3. The molecule has 0 aliphatic carbocycles. The minimum Gasteiger partial charge on any atom is -0.340 e. The van der Waals surface area contributed by atoms with Gasteiger partial charge in [-0.15, -0.1) is 0 Å². The fourth-order valence-corrected chi connectivity index (χ4v) is 6.95. The Morgan fingerprint density at radius 2 is 1.18 bits per heavy atom. The fraction of sp³-hybridized carbons (Fsp3) is 0.227. The molecule has 6 nitrogen and oxygen atoms in total. The zero-order valence-corrected chi connectivity index (χ0v) is 29.2. The van der Waals surface area contributed by atoms with Crippen LogP contribution in [-0.4, -0.2) is 14.1 Å². The lowest BCUT2D eigenvalue weighted by molar-refractivity contribution is 0.548. The molecule has 0 amide bonds. The van der Waals surface area contributed by atoms with Crippen LogP contribution in [0.4, 0.5) is 17.1 Å². The highest BCUT2D eigenvalue weighted by molar-refractivity contribution is 6.09. The van der Waals surface area contributed by atoms with Crippen molar-refractivity contribution in [2.75, 3.05) is 4.90 Å². The van der Waals surface area contributed by atoms with Gasteiger partial charge in [0, 0.05) is 64.2 Å². The van der Waals surface area contributed by atoms with E-state index in [1.807, 2.05) is 0 Å². The molecule has 1 N–H and O–H groups in total. The molecule has 0 saturated carbocycles. The number of aromatic nitrogens is 3. The number of aryl methyl sites for hydroxylation is 5. The number of H-pyrrole nitrogens is 1. The zero-order valence-electron chi connectivity index (χ0n) is 29.2. The van der Waals surface area contributed by atoms with Crippen LogP contribution in [0.2, 0.25) is 0 Å². The Balaban J connectivity index is 1.17. The summed E-state index contributed by atoms with van der Waals surface area (Å²) in [5, 5.41) is 2.50. The molecule has 0 aliphatic rings. The Labute approximate surface area is 293 Å². The van der Waals surface area contributed by atoms with Crippen molar-refractivity contribution in [3.8, 4) is 11.1 Å². The van der Waals surface area contributed by atoms with E-state index in [9.17, 15) is 9.59 Å². The molecule has 7 aromatic rings. The molecule has 0 saturated heterocycles. The van der Waals surface area contributed by atoms with Crippen molar-refractivity contribution < 1.29 is 0 Å². The summed E-state index contributed by atoms with van der Waals surface area (Å²) in [4.78, 5) is 28.2. The van der Waals surface area contributed by atoms with Gasteiger partial charge in [-0.2, -0.15) is 0 Å². The van der Waals surface area contributed by atoms with Crippen LogP contribution in [0.3, 0.4) is 0 Å². The molecule has 252 valence electrons.